The molecule has 3 aromatic carbocycles. The molecule has 0 radical (unpaired) electrons. The summed E-state index contributed by atoms with van der Waals surface area (Å²) in [6.45, 7) is 2.06. The average Bonchev–Trinajstić information content (AvgIpc) is 3.13. The zero-order valence-corrected chi connectivity index (χ0v) is 17.4. The van der Waals surface area contributed by atoms with Gasteiger partial charge < -0.3 is 15.3 Å². The molecule has 8 nitrogen and oxygen atoms in total. The van der Waals surface area contributed by atoms with Crippen LogP contribution in [0.5, 0.6) is 0 Å². The van der Waals surface area contributed by atoms with E-state index >= 15 is 0 Å². The van der Waals surface area contributed by atoms with Gasteiger partial charge in [0.1, 0.15) is 0 Å². The van der Waals surface area contributed by atoms with Crippen molar-refractivity contribution >= 4 is 38.3 Å². The molecule has 0 atom stereocenters. The van der Waals surface area contributed by atoms with E-state index in [0.29, 0.717) is 28.0 Å². The number of H-pyrrole nitrogens is 2. The van der Waals surface area contributed by atoms with E-state index in [-0.39, 0.29) is 10.8 Å². The van der Waals surface area contributed by atoms with Crippen molar-refractivity contribution in [3.8, 4) is 0 Å². The second-order valence-electron chi connectivity index (χ2n) is 6.97. The van der Waals surface area contributed by atoms with Crippen LogP contribution in [0.1, 0.15) is 22.8 Å². The maximum absolute atomic E-state index is 12.7. The molecule has 4 aromatic rings. The number of anilines is 2. The number of hydrogen-bond acceptors (Lipinski definition) is 4. The van der Waals surface area contributed by atoms with E-state index in [0.717, 1.165) is 6.42 Å². The lowest BCUT2D eigenvalue weighted by molar-refractivity contribution is 0.102. The number of carbonyl (C=O) groups excluding carboxylic acids is 1. The number of nitrogens with one attached hydrogen (secondary N) is 4. The molecule has 1 heterocycles. The molecule has 0 spiro atoms. The van der Waals surface area contributed by atoms with E-state index in [2.05, 4.69) is 26.9 Å². The van der Waals surface area contributed by atoms with Crippen molar-refractivity contribution in [1.82, 2.24) is 9.97 Å². The zero-order valence-electron chi connectivity index (χ0n) is 16.6. The SMILES string of the molecule is CCc1ccc(NC(=O)c2ccc(NS(=O)(=O)c3ccc4[nH]c(=O)[nH]c4c3)cc2)cc1. The van der Waals surface area contributed by atoms with E-state index in [1.807, 2.05) is 24.3 Å². The van der Waals surface area contributed by atoms with Gasteiger partial charge in [0, 0.05) is 16.9 Å². The first-order chi connectivity index (χ1) is 14.8. The van der Waals surface area contributed by atoms with E-state index in [9.17, 15) is 18.0 Å². The number of hydrogen-bond donors (Lipinski definition) is 4. The van der Waals surface area contributed by atoms with Crippen LogP contribution in [0.15, 0.2) is 76.4 Å². The van der Waals surface area contributed by atoms with Gasteiger partial charge in [-0.2, -0.15) is 0 Å². The minimum atomic E-state index is -3.87. The van der Waals surface area contributed by atoms with Crippen molar-refractivity contribution in [3.05, 3.63) is 88.3 Å². The van der Waals surface area contributed by atoms with Gasteiger partial charge in [-0.3, -0.25) is 9.52 Å². The molecule has 1 amide bonds. The molecule has 0 aliphatic heterocycles. The maximum Gasteiger partial charge on any atom is 0.323 e. The monoisotopic (exact) mass is 436 g/mol. The minimum absolute atomic E-state index is 0.00703. The van der Waals surface area contributed by atoms with Crippen LogP contribution in [0.2, 0.25) is 0 Å². The number of aromatic amines is 2. The van der Waals surface area contributed by atoms with Gasteiger partial charge >= 0.3 is 5.69 Å². The molecule has 0 aliphatic rings. The Bertz CT molecular complexity index is 1400. The summed E-state index contributed by atoms with van der Waals surface area (Å²) in [4.78, 5) is 28.9. The van der Waals surface area contributed by atoms with Crippen LogP contribution in [0.4, 0.5) is 11.4 Å². The second-order valence-corrected chi connectivity index (χ2v) is 8.66. The number of fused-ring (bicyclic) bond motifs is 1. The quantitative estimate of drug-likeness (QED) is 0.369. The predicted molar refractivity (Wildman–Crippen MR) is 120 cm³/mol. The standard InChI is InChI=1S/C22H20N4O4S/c1-2-14-3-7-16(8-4-14)23-21(27)15-5-9-17(10-6-15)26-31(29,30)18-11-12-19-20(13-18)25-22(28)24-19/h3-13,26H,2H2,1H3,(H,23,27)(H2,24,25,28). The summed E-state index contributed by atoms with van der Waals surface area (Å²) in [5, 5.41) is 2.81. The van der Waals surface area contributed by atoms with Crippen molar-refractivity contribution in [2.75, 3.05) is 10.0 Å². The third-order valence-corrected chi connectivity index (χ3v) is 6.20. The largest absolute Gasteiger partial charge is 0.323 e. The van der Waals surface area contributed by atoms with Crippen LogP contribution in [-0.2, 0) is 16.4 Å². The fourth-order valence-electron chi connectivity index (χ4n) is 3.11. The van der Waals surface area contributed by atoms with Crippen molar-refractivity contribution < 1.29 is 13.2 Å². The van der Waals surface area contributed by atoms with Gasteiger partial charge in [-0.25, -0.2) is 13.2 Å². The Morgan fingerprint density at radius 2 is 1.52 bits per heavy atom. The van der Waals surface area contributed by atoms with Gasteiger partial charge in [-0.15, -0.1) is 0 Å². The summed E-state index contributed by atoms with van der Waals surface area (Å²) in [5.74, 6) is -0.291. The predicted octanol–water partition coefficient (Wildman–Crippen LogP) is 3.47. The minimum Gasteiger partial charge on any atom is -0.322 e. The maximum atomic E-state index is 12.7. The number of aryl methyl sites for hydroxylation is 1. The molecule has 158 valence electrons. The first-order valence-electron chi connectivity index (χ1n) is 9.59. The highest BCUT2D eigenvalue weighted by Gasteiger charge is 2.16. The molecule has 0 bridgehead atoms. The first-order valence-corrected chi connectivity index (χ1v) is 11.1. The molecule has 0 fully saturated rings. The number of amides is 1. The topological polar surface area (TPSA) is 124 Å². The van der Waals surface area contributed by atoms with Crippen LogP contribution in [0, 0.1) is 0 Å². The van der Waals surface area contributed by atoms with Crippen molar-refractivity contribution in [3.63, 3.8) is 0 Å². The van der Waals surface area contributed by atoms with Crippen LogP contribution in [-0.4, -0.2) is 24.3 Å². The summed E-state index contributed by atoms with van der Waals surface area (Å²) >= 11 is 0. The Hall–Kier alpha value is -3.85. The lowest BCUT2D eigenvalue weighted by atomic mass is 10.1. The molecule has 4 N–H and O–H groups in total. The summed E-state index contributed by atoms with van der Waals surface area (Å²) in [5.41, 5.74) is 3.07. The highest BCUT2D eigenvalue weighted by Crippen LogP contribution is 2.20. The van der Waals surface area contributed by atoms with Crippen molar-refractivity contribution in [2.45, 2.75) is 18.2 Å². The van der Waals surface area contributed by atoms with Crippen LogP contribution >= 0.6 is 0 Å². The third kappa shape index (κ3) is 4.51. The van der Waals surface area contributed by atoms with Gasteiger partial charge in [-0.05, 0) is 66.6 Å². The van der Waals surface area contributed by atoms with Crippen molar-refractivity contribution in [2.24, 2.45) is 0 Å². The third-order valence-electron chi connectivity index (χ3n) is 4.82. The molecule has 4 rings (SSSR count). The Morgan fingerprint density at radius 3 is 2.19 bits per heavy atom. The molecular formula is C22H20N4O4S. The molecule has 0 saturated carbocycles. The summed E-state index contributed by atoms with van der Waals surface area (Å²) in [7, 11) is -3.87. The fourth-order valence-corrected chi connectivity index (χ4v) is 4.19. The number of imidazole rings is 1. The number of benzene rings is 3. The van der Waals surface area contributed by atoms with E-state index < -0.39 is 15.7 Å². The smallest absolute Gasteiger partial charge is 0.322 e. The fraction of sp³-hybridized carbons (Fsp3) is 0.0909. The highest BCUT2D eigenvalue weighted by atomic mass is 32.2. The van der Waals surface area contributed by atoms with E-state index in [4.69, 9.17) is 0 Å². The van der Waals surface area contributed by atoms with Gasteiger partial charge in [0.05, 0.1) is 15.9 Å². The molecule has 0 aliphatic carbocycles. The summed E-state index contributed by atoms with van der Waals surface area (Å²) in [6, 6.07) is 18.0. The van der Waals surface area contributed by atoms with Gasteiger partial charge in [-0.1, -0.05) is 19.1 Å². The molecule has 0 unspecified atom stereocenters. The lowest BCUT2D eigenvalue weighted by Gasteiger charge is -2.10. The molecular weight excluding hydrogens is 416 g/mol. The number of sulfonamides is 1. The summed E-state index contributed by atoms with van der Waals surface area (Å²) in [6.07, 6.45) is 0.919. The van der Waals surface area contributed by atoms with Gasteiger partial charge in [0.25, 0.3) is 15.9 Å². The molecule has 9 heteroatoms. The molecule has 0 saturated heterocycles. The van der Waals surface area contributed by atoms with Gasteiger partial charge in [0.15, 0.2) is 0 Å². The number of aromatic nitrogens is 2. The number of carbonyl (C=O) groups is 1. The Labute approximate surface area is 178 Å². The van der Waals surface area contributed by atoms with Crippen molar-refractivity contribution in [1.29, 1.82) is 0 Å². The Morgan fingerprint density at radius 1 is 0.871 bits per heavy atom. The Balaban J connectivity index is 1.47. The second kappa shape index (κ2) is 8.11. The average molecular weight is 436 g/mol. The first kappa shape index (κ1) is 20.4. The Kier molecular flexibility index (Phi) is 5.35. The van der Waals surface area contributed by atoms with Gasteiger partial charge in [0.2, 0.25) is 0 Å². The van der Waals surface area contributed by atoms with E-state index in [1.165, 1.54) is 35.9 Å². The van der Waals surface area contributed by atoms with E-state index in [1.54, 1.807) is 12.1 Å². The molecule has 31 heavy (non-hydrogen) atoms. The lowest BCUT2D eigenvalue weighted by Crippen LogP contribution is -2.14. The van der Waals surface area contributed by atoms with Crippen LogP contribution in [0.3, 0.4) is 0 Å². The molecule has 1 aromatic heterocycles. The number of rotatable bonds is 6. The van der Waals surface area contributed by atoms with Crippen LogP contribution in [0.25, 0.3) is 11.0 Å². The summed E-state index contributed by atoms with van der Waals surface area (Å²) < 4.78 is 27.8. The van der Waals surface area contributed by atoms with Crippen LogP contribution < -0.4 is 15.7 Å². The normalized spacial score (nSPS) is 11.4. The zero-order chi connectivity index (χ0) is 22.0. The highest BCUT2D eigenvalue weighted by molar-refractivity contribution is 7.92.